The Hall–Kier alpha value is -1.75. The Morgan fingerprint density at radius 3 is 2.73 bits per heavy atom. The molecule has 2 bridgehead atoms. The van der Waals surface area contributed by atoms with Crippen LogP contribution in [0.15, 0.2) is 30.6 Å². The number of aromatic nitrogens is 2. The topological polar surface area (TPSA) is 41.0 Å². The molecule has 0 radical (unpaired) electrons. The first kappa shape index (κ1) is 13.9. The lowest BCUT2D eigenvalue weighted by Gasteiger charge is -2.39. The summed E-state index contributed by atoms with van der Waals surface area (Å²) in [6.07, 6.45) is 8.18. The highest BCUT2D eigenvalue weighted by Crippen LogP contribution is 2.36. The normalized spacial score (nSPS) is 28.1. The van der Waals surface area contributed by atoms with Crippen molar-refractivity contribution in [1.82, 2.24) is 14.9 Å². The van der Waals surface area contributed by atoms with Crippen molar-refractivity contribution in [2.75, 3.05) is 18.5 Å². The number of fused-ring (bicyclic) bond motifs is 3. The fraction of sp³-hybridized carbons (Fsp3) is 0.529. The second-order valence-electron chi connectivity index (χ2n) is 6.35. The molecule has 0 saturated carbocycles. The van der Waals surface area contributed by atoms with E-state index in [-0.39, 0.29) is 6.67 Å². The van der Waals surface area contributed by atoms with Crippen LogP contribution in [0.25, 0.3) is 10.9 Å². The SMILES string of the molecule is FCCN1C2CCC1CC(Nc1nccc3ncccc13)C2. The second-order valence-corrected chi connectivity index (χ2v) is 6.35. The molecule has 0 spiro atoms. The predicted molar refractivity (Wildman–Crippen MR) is 85.7 cm³/mol. The van der Waals surface area contributed by atoms with Crippen LogP contribution in [-0.4, -0.2) is 46.2 Å². The van der Waals surface area contributed by atoms with Crippen molar-refractivity contribution in [1.29, 1.82) is 0 Å². The fourth-order valence-corrected chi connectivity index (χ4v) is 4.17. The summed E-state index contributed by atoms with van der Waals surface area (Å²) in [7, 11) is 0. The number of hydrogen-bond acceptors (Lipinski definition) is 4. The van der Waals surface area contributed by atoms with E-state index in [9.17, 15) is 4.39 Å². The largest absolute Gasteiger partial charge is 0.367 e. The summed E-state index contributed by atoms with van der Waals surface area (Å²) in [6, 6.07) is 7.42. The van der Waals surface area contributed by atoms with Gasteiger partial charge in [0.15, 0.2) is 0 Å². The number of nitrogens with one attached hydrogen (secondary N) is 1. The van der Waals surface area contributed by atoms with Crippen LogP contribution in [0.5, 0.6) is 0 Å². The molecule has 2 aliphatic heterocycles. The van der Waals surface area contributed by atoms with Crippen LogP contribution in [0.4, 0.5) is 10.2 Å². The van der Waals surface area contributed by atoms with Crippen LogP contribution in [-0.2, 0) is 0 Å². The van der Waals surface area contributed by atoms with E-state index in [1.54, 1.807) is 0 Å². The number of piperidine rings is 1. The summed E-state index contributed by atoms with van der Waals surface area (Å²) in [6.45, 7) is 0.361. The van der Waals surface area contributed by atoms with Crippen molar-refractivity contribution in [2.45, 2.75) is 43.8 Å². The van der Waals surface area contributed by atoms with E-state index in [1.807, 2.05) is 24.5 Å². The molecule has 0 amide bonds. The van der Waals surface area contributed by atoms with E-state index < -0.39 is 0 Å². The summed E-state index contributed by atoms with van der Waals surface area (Å²) >= 11 is 0. The monoisotopic (exact) mass is 300 g/mol. The molecule has 4 rings (SSSR count). The molecule has 5 heteroatoms. The van der Waals surface area contributed by atoms with Crippen LogP contribution in [0.3, 0.4) is 0 Å². The lowest BCUT2D eigenvalue weighted by atomic mass is 9.97. The molecule has 116 valence electrons. The Bertz CT molecular complexity index is 643. The van der Waals surface area contributed by atoms with Gasteiger partial charge in [0.25, 0.3) is 0 Å². The maximum absolute atomic E-state index is 12.7. The molecule has 2 saturated heterocycles. The van der Waals surface area contributed by atoms with Crippen LogP contribution < -0.4 is 5.32 Å². The Labute approximate surface area is 129 Å². The van der Waals surface area contributed by atoms with Gasteiger partial charge in [0.1, 0.15) is 12.5 Å². The van der Waals surface area contributed by atoms with E-state index in [2.05, 4.69) is 26.3 Å². The molecule has 2 aliphatic rings. The van der Waals surface area contributed by atoms with Gasteiger partial charge in [-0.05, 0) is 43.9 Å². The third-order valence-electron chi connectivity index (χ3n) is 5.10. The molecule has 2 aromatic rings. The van der Waals surface area contributed by atoms with Gasteiger partial charge in [-0.1, -0.05) is 0 Å². The first-order valence-corrected chi connectivity index (χ1v) is 8.13. The zero-order valence-corrected chi connectivity index (χ0v) is 12.6. The Morgan fingerprint density at radius 1 is 1.14 bits per heavy atom. The summed E-state index contributed by atoms with van der Waals surface area (Å²) in [5.41, 5.74) is 0.970. The number of nitrogens with zero attached hydrogens (tertiary/aromatic N) is 3. The van der Waals surface area contributed by atoms with Crippen LogP contribution in [0.2, 0.25) is 0 Å². The van der Waals surface area contributed by atoms with Crippen molar-refractivity contribution in [3.05, 3.63) is 30.6 Å². The van der Waals surface area contributed by atoms with Crippen molar-refractivity contribution in [3.8, 4) is 0 Å². The number of pyridine rings is 2. The molecule has 4 nitrogen and oxygen atoms in total. The first-order valence-electron chi connectivity index (χ1n) is 8.13. The highest BCUT2D eigenvalue weighted by atomic mass is 19.1. The van der Waals surface area contributed by atoms with Crippen LogP contribution >= 0.6 is 0 Å². The molecular formula is C17H21FN4. The molecule has 1 N–H and O–H groups in total. The summed E-state index contributed by atoms with van der Waals surface area (Å²) < 4.78 is 12.7. The maximum Gasteiger partial charge on any atom is 0.135 e. The quantitative estimate of drug-likeness (QED) is 0.942. The molecular weight excluding hydrogens is 279 g/mol. The van der Waals surface area contributed by atoms with Gasteiger partial charge >= 0.3 is 0 Å². The predicted octanol–water partition coefficient (Wildman–Crippen LogP) is 3.01. The zero-order valence-electron chi connectivity index (χ0n) is 12.6. The molecule has 2 unspecified atom stereocenters. The van der Waals surface area contributed by atoms with Crippen LogP contribution in [0, 0.1) is 0 Å². The summed E-state index contributed by atoms with van der Waals surface area (Å²) in [5, 5.41) is 4.69. The van der Waals surface area contributed by atoms with Gasteiger partial charge in [-0.3, -0.25) is 9.88 Å². The van der Waals surface area contributed by atoms with E-state index in [0.717, 1.165) is 29.6 Å². The van der Waals surface area contributed by atoms with Gasteiger partial charge in [0, 0.05) is 42.5 Å². The Balaban J connectivity index is 1.53. The smallest absolute Gasteiger partial charge is 0.135 e. The number of alkyl halides is 1. The highest BCUT2D eigenvalue weighted by molar-refractivity contribution is 5.88. The van der Waals surface area contributed by atoms with Gasteiger partial charge < -0.3 is 5.32 Å². The third kappa shape index (κ3) is 2.43. The summed E-state index contributed by atoms with van der Waals surface area (Å²) in [5.74, 6) is 0.925. The minimum Gasteiger partial charge on any atom is -0.367 e. The van der Waals surface area contributed by atoms with Crippen molar-refractivity contribution in [2.24, 2.45) is 0 Å². The fourth-order valence-electron chi connectivity index (χ4n) is 4.17. The van der Waals surface area contributed by atoms with Gasteiger partial charge in [0.05, 0.1) is 5.52 Å². The lowest BCUT2D eigenvalue weighted by Crippen LogP contribution is -2.47. The number of rotatable bonds is 4. The molecule has 0 aromatic carbocycles. The lowest BCUT2D eigenvalue weighted by molar-refractivity contribution is 0.123. The van der Waals surface area contributed by atoms with E-state index >= 15 is 0 Å². The van der Waals surface area contributed by atoms with Crippen molar-refractivity contribution < 1.29 is 4.39 Å². The molecule has 2 fully saturated rings. The second kappa shape index (κ2) is 5.80. The average Bonchev–Trinajstić information content (AvgIpc) is 2.79. The zero-order chi connectivity index (χ0) is 14.9. The Morgan fingerprint density at radius 2 is 1.95 bits per heavy atom. The van der Waals surface area contributed by atoms with E-state index in [1.165, 1.54) is 12.8 Å². The number of halogens is 1. The van der Waals surface area contributed by atoms with Crippen LogP contribution in [0.1, 0.15) is 25.7 Å². The highest BCUT2D eigenvalue weighted by Gasteiger charge is 2.40. The van der Waals surface area contributed by atoms with E-state index in [0.29, 0.717) is 24.7 Å². The minimum absolute atomic E-state index is 0.234. The maximum atomic E-state index is 12.7. The molecule has 2 atom stereocenters. The van der Waals surface area contributed by atoms with Gasteiger partial charge in [-0.15, -0.1) is 0 Å². The van der Waals surface area contributed by atoms with Crippen molar-refractivity contribution in [3.63, 3.8) is 0 Å². The molecule has 0 aliphatic carbocycles. The molecule has 4 heterocycles. The number of anilines is 1. The molecule has 22 heavy (non-hydrogen) atoms. The standard InChI is InChI=1S/C17H21FN4/c18-6-9-22-13-3-4-14(22)11-12(10-13)21-17-15-2-1-7-19-16(15)5-8-20-17/h1-2,5,7-8,12-14H,3-4,6,9-11H2,(H,20,21). The van der Waals surface area contributed by atoms with Gasteiger partial charge in [-0.25, -0.2) is 9.37 Å². The molecule has 2 aromatic heterocycles. The van der Waals surface area contributed by atoms with Gasteiger partial charge in [-0.2, -0.15) is 0 Å². The number of hydrogen-bond donors (Lipinski definition) is 1. The Kier molecular flexibility index (Phi) is 3.66. The average molecular weight is 300 g/mol. The van der Waals surface area contributed by atoms with E-state index in [4.69, 9.17) is 0 Å². The van der Waals surface area contributed by atoms with Gasteiger partial charge in [0.2, 0.25) is 0 Å². The minimum atomic E-state index is -0.234. The third-order valence-corrected chi connectivity index (χ3v) is 5.10. The van der Waals surface area contributed by atoms with Crippen molar-refractivity contribution >= 4 is 16.7 Å². The summed E-state index contributed by atoms with van der Waals surface area (Å²) in [4.78, 5) is 11.3. The first-order chi connectivity index (χ1) is 10.8.